The Kier molecular flexibility index (Phi) is 7.24. The molecule has 0 amide bonds. The number of aryl methyl sites for hydroxylation is 1. The van der Waals surface area contributed by atoms with E-state index in [9.17, 15) is 4.79 Å². The molecular formula is C24H30N4OS. The van der Waals surface area contributed by atoms with E-state index >= 15 is 0 Å². The van der Waals surface area contributed by atoms with Crippen molar-refractivity contribution in [1.82, 2.24) is 20.1 Å². The highest BCUT2D eigenvalue weighted by Crippen LogP contribution is 2.15. The Hall–Kier alpha value is -2.70. The van der Waals surface area contributed by atoms with Gasteiger partial charge in [-0.1, -0.05) is 42.5 Å². The van der Waals surface area contributed by atoms with Gasteiger partial charge >= 0.3 is 0 Å². The van der Waals surface area contributed by atoms with E-state index < -0.39 is 0 Å². The Balaban J connectivity index is 1.82. The number of nitrogens with one attached hydrogen (secondary N) is 2. The van der Waals surface area contributed by atoms with Crippen LogP contribution in [0.3, 0.4) is 0 Å². The molecule has 2 N–H and O–H groups in total. The van der Waals surface area contributed by atoms with Crippen LogP contribution in [-0.4, -0.2) is 47.1 Å². The summed E-state index contributed by atoms with van der Waals surface area (Å²) >= 11 is 5.74. The lowest BCUT2D eigenvalue weighted by atomic mass is 10.1. The zero-order chi connectivity index (χ0) is 21.7. The maximum Gasteiger partial charge on any atom is 0.253 e. The molecule has 0 unspecified atom stereocenters. The Morgan fingerprint density at radius 1 is 1.10 bits per heavy atom. The molecule has 0 saturated heterocycles. The fraction of sp³-hybridized carbons (Fsp3) is 0.333. The molecule has 1 heterocycles. The molecule has 0 fully saturated rings. The van der Waals surface area contributed by atoms with E-state index in [4.69, 9.17) is 12.2 Å². The van der Waals surface area contributed by atoms with Gasteiger partial charge in [-0.2, -0.15) is 0 Å². The molecule has 5 nitrogen and oxygen atoms in total. The van der Waals surface area contributed by atoms with E-state index in [0.29, 0.717) is 17.2 Å². The molecule has 0 aliphatic heterocycles. The number of pyridine rings is 1. The number of hydrogen-bond acceptors (Lipinski definition) is 3. The van der Waals surface area contributed by atoms with Gasteiger partial charge in [-0.25, -0.2) is 0 Å². The summed E-state index contributed by atoms with van der Waals surface area (Å²) in [7, 11) is 4.07. The van der Waals surface area contributed by atoms with E-state index in [2.05, 4.69) is 45.2 Å². The highest BCUT2D eigenvalue weighted by Gasteiger charge is 2.16. The van der Waals surface area contributed by atoms with Gasteiger partial charge < -0.3 is 20.1 Å². The smallest absolute Gasteiger partial charge is 0.253 e. The van der Waals surface area contributed by atoms with Crippen molar-refractivity contribution in [3.05, 3.63) is 81.6 Å². The quantitative estimate of drug-likeness (QED) is 0.567. The van der Waals surface area contributed by atoms with Gasteiger partial charge in [0.25, 0.3) is 5.56 Å². The second-order valence-corrected chi connectivity index (χ2v) is 8.41. The number of rotatable bonds is 7. The van der Waals surface area contributed by atoms with Crippen LogP contribution in [0.1, 0.15) is 29.7 Å². The van der Waals surface area contributed by atoms with Gasteiger partial charge in [0.05, 0.1) is 12.6 Å². The first-order chi connectivity index (χ1) is 14.3. The summed E-state index contributed by atoms with van der Waals surface area (Å²) in [6.45, 7) is 6.14. The average Bonchev–Trinajstić information content (AvgIpc) is 2.71. The maximum atomic E-state index is 12.7. The van der Waals surface area contributed by atoms with Crippen LogP contribution in [-0.2, 0) is 6.54 Å². The predicted molar refractivity (Wildman–Crippen MR) is 129 cm³/mol. The first kappa shape index (κ1) is 22.0. The number of thiocarbonyl (C=S) groups is 1. The summed E-state index contributed by atoms with van der Waals surface area (Å²) in [5, 5.41) is 5.11. The molecule has 3 rings (SSSR count). The molecular weight excluding hydrogens is 392 g/mol. The molecule has 0 radical (unpaired) electrons. The van der Waals surface area contributed by atoms with Gasteiger partial charge in [0.1, 0.15) is 0 Å². The van der Waals surface area contributed by atoms with Crippen molar-refractivity contribution >= 4 is 28.2 Å². The summed E-state index contributed by atoms with van der Waals surface area (Å²) in [4.78, 5) is 19.9. The minimum Gasteiger partial charge on any atom is -0.356 e. The molecule has 3 aromatic rings. The van der Waals surface area contributed by atoms with Gasteiger partial charge in [-0.15, -0.1) is 0 Å². The molecule has 0 aliphatic rings. The zero-order valence-corrected chi connectivity index (χ0v) is 18.9. The van der Waals surface area contributed by atoms with Crippen molar-refractivity contribution in [2.45, 2.75) is 26.4 Å². The predicted octanol–water partition coefficient (Wildman–Crippen LogP) is 3.84. The van der Waals surface area contributed by atoms with Gasteiger partial charge in [-0.05, 0) is 68.8 Å². The highest BCUT2D eigenvalue weighted by atomic mass is 32.1. The molecule has 158 valence electrons. The highest BCUT2D eigenvalue weighted by molar-refractivity contribution is 7.80. The third-order valence-corrected chi connectivity index (χ3v) is 5.56. The Labute approximate surface area is 183 Å². The second-order valence-electron chi connectivity index (χ2n) is 8.02. The van der Waals surface area contributed by atoms with Crippen LogP contribution in [0.4, 0.5) is 0 Å². The van der Waals surface area contributed by atoms with Crippen molar-refractivity contribution < 1.29 is 0 Å². The fourth-order valence-electron chi connectivity index (χ4n) is 3.36. The van der Waals surface area contributed by atoms with Crippen molar-refractivity contribution in [3.8, 4) is 0 Å². The van der Waals surface area contributed by atoms with Crippen LogP contribution in [0.5, 0.6) is 0 Å². The number of aromatic amines is 1. The maximum absolute atomic E-state index is 12.7. The number of fused-ring (bicyclic) bond motifs is 1. The topological polar surface area (TPSA) is 51.4 Å². The molecule has 2 aromatic carbocycles. The minimum absolute atomic E-state index is 0.0677. The van der Waals surface area contributed by atoms with Crippen molar-refractivity contribution in [2.75, 3.05) is 27.2 Å². The fourth-order valence-corrected chi connectivity index (χ4v) is 3.69. The number of likely N-dealkylation sites (N-methyl/N-ethyl adjacent to an activating group) is 1. The molecule has 1 atom stereocenters. The van der Waals surface area contributed by atoms with Crippen molar-refractivity contribution in [2.24, 2.45) is 0 Å². The van der Waals surface area contributed by atoms with E-state index in [-0.39, 0.29) is 11.6 Å². The first-order valence-corrected chi connectivity index (χ1v) is 10.6. The average molecular weight is 423 g/mol. The minimum atomic E-state index is -0.0677. The zero-order valence-electron chi connectivity index (χ0n) is 18.1. The molecule has 30 heavy (non-hydrogen) atoms. The third-order valence-electron chi connectivity index (χ3n) is 5.18. The molecule has 0 saturated carbocycles. The standard InChI is InChI=1S/C24H30N4OS/c1-17-10-11-20-15-21(23(29)26-22(20)14-17)16-28(13-12-27(3)4)24(30)25-18(2)19-8-6-5-7-9-19/h5-11,14-15,18H,12-13,16H2,1-4H3,(H,25,30)(H,26,29)/t18-/m1/s1. The van der Waals surface area contributed by atoms with Crippen LogP contribution in [0.15, 0.2) is 59.4 Å². The normalized spacial score (nSPS) is 12.2. The molecule has 0 aliphatic carbocycles. The number of benzene rings is 2. The summed E-state index contributed by atoms with van der Waals surface area (Å²) in [6, 6.07) is 18.4. The molecule has 1 aromatic heterocycles. The Morgan fingerprint density at radius 3 is 2.53 bits per heavy atom. The molecule has 6 heteroatoms. The monoisotopic (exact) mass is 422 g/mol. The third kappa shape index (κ3) is 5.68. The van der Waals surface area contributed by atoms with Gasteiger partial charge in [0.15, 0.2) is 5.11 Å². The SMILES string of the molecule is Cc1ccc2cc(CN(CCN(C)C)C(=S)N[C@H](C)c3ccccc3)c(=O)[nH]c2c1. The lowest BCUT2D eigenvalue weighted by Crippen LogP contribution is -2.44. The summed E-state index contributed by atoms with van der Waals surface area (Å²) in [6.07, 6.45) is 0. The number of aromatic nitrogens is 1. The van der Waals surface area contributed by atoms with Crippen LogP contribution >= 0.6 is 12.2 Å². The number of H-pyrrole nitrogens is 1. The molecule has 0 spiro atoms. The van der Waals surface area contributed by atoms with Gasteiger partial charge in [0.2, 0.25) is 0 Å². The van der Waals surface area contributed by atoms with Crippen LogP contribution in [0.25, 0.3) is 10.9 Å². The largest absolute Gasteiger partial charge is 0.356 e. The van der Waals surface area contributed by atoms with Crippen molar-refractivity contribution in [3.63, 3.8) is 0 Å². The van der Waals surface area contributed by atoms with Crippen LogP contribution in [0.2, 0.25) is 0 Å². The van der Waals surface area contributed by atoms with E-state index in [1.807, 2.05) is 57.4 Å². The Morgan fingerprint density at radius 2 is 1.83 bits per heavy atom. The Bertz CT molecular complexity index is 1060. The number of nitrogens with zero attached hydrogens (tertiary/aromatic N) is 2. The summed E-state index contributed by atoms with van der Waals surface area (Å²) in [5.74, 6) is 0. The van der Waals surface area contributed by atoms with E-state index in [0.717, 1.165) is 29.6 Å². The van der Waals surface area contributed by atoms with Gasteiger partial charge in [0, 0.05) is 24.2 Å². The lowest BCUT2D eigenvalue weighted by Gasteiger charge is -2.29. The van der Waals surface area contributed by atoms with Crippen molar-refractivity contribution in [1.29, 1.82) is 0 Å². The summed E-state index contributed by atoms with van der Waals surface area (Å²) in [5.41, 5.74) is 3.80. The van der Waals surface area contributed by atoms with E-state index in [1.54, 1.807) is 0 Å². The van der Waals surface area contributed by atoms with E-state index in [1.165, 1.54) is 5.56 Å². The summed E-state index contributed by atoms with van der Waals surface area (Å²) < 4.78 is 0. The van der Waals surface area contributed by atoms with Crippen LogP contribution < -0.4 is 10.9 Å². The first-order valence-electron chi connectivity index (χ1n) is 10.2. The van der Waals surface area contributed by atoms with Gasteiger partial charge in [-0.3, -0.25) is 4.79 Å². The van der Waals surface area contributed by atoms with Crippen LogP contribution in [0, 0.1) is 6.92 Å². The molecule has 0 bridgehead atoms. The second kappa shape index (κ2) is 9.87. The number of hydrogen-bond donors (Lipinski definition) is 2. The lowest BCUT2D eigenvalue weighted by molar-refractivity contribution is 0.320.